The lowest BCUT2D eigenvalue weighted by Crippen LogP contribution is -2.47. The number of sulfonamides is 2. The minimum absolute atomic E-state index is 0.0465. The first-order chi connectivity index (χ1) is 45.9. The normalized spacial score (nSPS) is 18.6. The van der Waals surface area contributed by atoms with Crippen molar-refractivity contribution in [3.8, 4) is 0 Å². The number of morpholine rings is 1. The Hall–Kier alpha value is -7.81. The maximum Gasteiger partial charge on any atom is 0.224 e. The van der Waals surface area contributed by atoms with Gasteiger partial charge < -0.3 is 24.3 Å². The van der Waals surface area contributed by atoms with Gasteiger partial charge in [-0.05, 0) is 119 Å². The first-order valence-corrected chi connectivity index (χ1v) is 39.1. The lowest BCUT2D eigenvalue weighted by Gasteiger charge is -2.37. The topological polar surface area (TPSA) is 290 Å². The molecule has 4 unspecified atom stereocenters. The highest BCUT2D eigenvalue weighted by Gasteiger charge is 2.31. The van der Waals surface area contributed by atoms with Crippen LogP contribution in [0, 0.1) is 53.3 Å². The fourth-order valence-electron chi connectivity index (χ4n) is 12.3. The SMILES string of the molecule is CC(NS(C)(=O)=O)C1CCCN(c2ncnc3cc(F)c(F)cc23)C1.CS(=O)(=O)CCC1CCN(c2ncnc3ccc(F)cc23)CC1.CS(=O)(=O)NCC1CN(c2ncnc3cc(F)c(F)cc23)CCO1.[C-]#[N+]c1cc2ncnc(N3CCCCC3CCS(C)(=O)=O)c2cc1F. The number of nitrogens with one attached hydrogen (secondary N) is 2. The molecule has 4 aromatic heterocycles. The van der Waals surface area contributed by atoms with Crippen molar-refractivity contribution in [2.24, 2.45) is 11.8 Å². The molecule has 0 bridgehead atoms. The molecule has 34 heteroatoms. The number of hydrogen-bond donors (Lipinski definition) is 2. The molecule has 0 saturated carbocycles. The minimum Gasteiger partial charge on any atom is -0.373 e. The van der Waals surface area contributed by atoms with Crippen LogP contribution in [0.3, 0.4) is 0 Å². The maximum absolute atomic E-state index is 14.1. The molecule has 12 rings (SSSR count). The first kappa shape index (κ1) is 73.4. The molecular formula is C63H75F6N15O9S4. The molecule has 24 nitrogen and oxygen atoms in total. The number of halogens is 6. The smallest absolute Gasteiger partial charge is 0.224 e. The standard InChI is InChI=1S/C17H19FN4O2S.C16H20F2N4O2S.C16H20FN3O2S.C14H16F2N4O3S/c1-19-16-10-15-13(9-14(16)18)17(21-11-20-15)22-7-4-3-5-12(22)6-8-25(2,23)24;1-10(21-25(2,23)24)11-4-3-5-22(8-11)16-12-6-13(17)14(18)7-15(12)19-9-20-16;1-23(21,22)9-6-12-4-7-20(8-5-12)16-14-10-13(17)2-3-15(14)18-11-19-16;1-24(21,22)19-6-9-7-20(2-3-23-9)14-10-4-11(15)12(16)5-13(10)17-8-18-14/h9-12H,3-8H2,2H3;6-7,9-11,21H,3-5,8H2,1-2H3;2-3,10-12H,4-9H2,1H3;4-5,8-9,19H,2-3,6-7H2,1H3. The van der Waals surface area contributed by atoms with Gasteiger partial charge in [-0.1, -0.05) is 0 Å². The van der Waals surface area contributed by atoms with E-state index in [9.17, 15) is 60.0 Å². The van der Waals surface area contributed by atoms with Crippen molar-refractivity contribution in [1.82, 2.24) is 49.3 Å². The monoisotopic (exact) mass is 1430 g/mol. The second kappa shape index (κ2) is 31.8. The van der Waals surface area contributed by atoms with Crippen molar-refractivity contribution < 1.29 is 64.8 Å². The highest BCUT2D eigenvalue weighted by molar-refractivity contribution is 7.91. The molecule has 4 aliphatic heterocycles. The summed E-state index contributed by atoms with van der Waals surface area (Å²) in [4.78, 5) is 44.6. The summed E-state index contributed by atoms with van der Waals surface area (Å²) >= 11 is 0. The van der Waals surface area contributed by atoms with E-state index in [1.807, 2.05) is 16.7 Å². The Bertz CT molecular complexity index is 4660. The average molecular weight is 1430 g/mol. The van der Waals surface area contributed by atoms with Crippen molar-refractivity contribution in [2.45, 2.75) is 82.9 Å². The molecule has 8 aromatic rings. The van der Waals surface area contributed by atoms with Crippen molar-refractivity contribution in [1.29, 1.82) is 0 Å². The lowest BCUT2D eigenvalue weighted by molar-refractivity contribution is 0.0441. The number of anilines is 4. The Balaban J connectivity index is 0.000000152. The quantitative estimate of drug-likeness (QED) is 0.0679. The molecule has 2 N–H and O–H groups in total. The number of ether oxygens (including phenoxy) is 1. The zero-order valence-electron chi connectivity index (χ0n) is 53.9. The highest BCUT2D eigenvalue weighted by Crippen LogP contribution is 2.35. The number of benzene rings is 4. The van der Waals surface area contributed by atoms with Crippen LogP contribution in [0.5, 0.6) is 0 Å². The zero-order valence-corrected chi connectivity index (χ0v) is 57.2. The van der Waals surface area contributed by atoms with Gasteiger partial charge in [0.15, 0.2) is 23.3 Å². The van der Waals surface area contributed by atoms with Gasteiger partial charge in [0.1, 0.15) is 79.9 Å². The largest absolute Gasteiger partial charge is 0.373 e. The van der Waals surface area contributed by atoms with Crippen LogP contribution in [0.2, 0.25) is 0 Å². The molecule has 0 aliphatic carbocycles. The van der Waals surface area contributed by atoms with E-state index in [-0.39, 0.29) is 53.7 Å². The second-order valence-electron chi connectivity index (χ2n) is 24.6. The maximum atomic E-state index is 14.1. The Labute approximate surface area is 559 Å². The van der Waals surface area contributed by atoms with E-state index in [1.54, 1.807) is 6.07 Å². The van der Waals surface area contributed by atoms with Gasteiger partial charge in [0.2, 0.25) is 25.7 Å². The van der Waals surface area contributed by atoms with Gasteiger partial charge in [-0.3, -0.25) is 0 Å². The summed E-state index contributed by atoms with van der Waals surface area (Å²) in [5.41, 5.74) is 1.83. The van der Waals surface area contributed by atoms with Gasteiger partial charge in [0.25, 0.3) is 0 Å². The van der Waals surface area contributed by atoms with Crippen molar-refractivity contribution in [3.63, 3.8) is 0 Å². The third kappa shape index (κ3) is 20.4. The van der Waals surface area contributed by atoms with Crippen LogP contribution in [0.4, 0.5) is 55.3 Å². The van der Waals surface area contributed by atoms with Crippen LogP contribution < -0.4 is 29.0 Å². The molecule has 0 amide bonds. The van der Waals surface area contributed by atoms with Gasteiger partial charge in [-0.2, -0.15) is 0 Å². The number of rotatable bonds is 16. The number of nitrogens with zero attached hydrogens (tertiary/aromatic N) is 13. The van der Waals surface area contributed by atoms with Crippen LogP contribution in [0.1, 0.15) is 64.7 Å². The van der Waals surface area contributed by atoms with Crippen LogP contribution in [-0.2, 0) is 44.5 Å². The molecule has 0 radical (unpaired) electrons. The number of aromatic nitrogens is 8. The van der Waals surface area contributed by atoms with Crippen molar-refractivity contribution >= 4 is 112 Å². The van der Waals surface area contributed by atoms with E-state index in [1.165, 1.54) is 62.1 Å². The Kier molecular flexibility index (Phi) is 24.1. The molecule has 4 fully saturated rings. The molecule has 97 heavy (non-hydrogen) atoms. The Morgan fingerprint density at radius 1 is 0.536 bits per heavy atom. The van der Waals surface area contributed by atoms with Gasteiger partial charge >= 0.3 is 0 Å². The van der Waals surface area contributed by atoms with E-state index in [4.69, 9.17) is 11.3 Å². The zero-order chi connectivity index (χ0) is 70.0. The van der Waals surface area contributed by atoms with Crippen LogP contribution in [-0.4, -0.2) is 187 Å². The summed E-state index contributed by atoms with van der Waals surface area (Å²) in [6, 6.07) is 11.4. The molecule has 4 aromatic carbocycles. The summed E-state index contributed by atoms with van der Waals surface area (Å²) in [7, 11) is -12.5. The number of piperidine rings is 3. The molecular weight excluding hydrogens is 1350 g/mol. The van der Waals surface area contributed by atoms with Gasteiger partial charge in [-0.15, -0.1) is 0 Å². The average Bonchev–Trinajstić information content (AvgIpc) is 0.718. The van der Waals surface area contributed by atoms with E-state index in [0.29, 0.717) is 102 Å². The Morgan fingerprint density at radius 2 is 1.05 bits per heavy atom. The molecule has 522 valence electrons. The van der Waals surface area contributed by atoms with Crippen LogP contribution in [0.15, 0.2) is 79.9 Å². The van der Waals surface area contributed by atoms with E-state index in [0.717, 1.165) is 118 Å². The third-order valence-electron chi connectivity index (χ3n) is 17.1. The number of sulfone groups is 2. The highest BCUT2D eigenvalue weighted by atomic mass is 32.2. The van der Waals surface area contributed by atoms with Gasteiger partial charge in [-0.25, -0.2) is 114 Å². The molecule has 4 saturated heterocycles. The fourth-order valence-corrected chi connectivity index (χ4v) is 15.1. The molecule has 4 atom stereocenters. The molecule has 8 heterocycles. The van der Waals surface area contributed by atoms with Crippen molar-refractivity contribution in [3.05, 3.63) is 126 Å². The minimum atomic E-state index is -3.32. The predicted molar refractivity (Wildman–Crippen MR) is 360 cm³/mol. The van der Waals surface area contributed by atoms with Gasteiger partial charge in [0.05, 0.1) is 65.4 Å². The Morgan fingerprint density at radius 3 is 1.63 bits per heavy atom. The lowest BCUT2D eigenvalue weighted by atomic mass is 9.92. The van der Waals surface area contributed by atoms with Crippen LogP contribution >= 0.6 is 0 Å². The summed E-state index contributed by atoms with van der Waals surface area (Å²) in [6.07, 6.45) is 17.6. The number of hydrogen-bond acceptors (Lipinski definition) is 21. The summed E-state index contributed by atoms with van der Waals surface area (Å²) in [6.45, 7) is 13.9. The van der Waals surface area contributed by atoms with E-state index >= 15 is 0 Å². The molecule has 4 aliphatic rings. The molecule has 0 spiro atoms. The fraction of sp³-hybridized carbons (Fsp3) is 0.476. The predicted octanol–water partition coefficient (Wildman–Crippen LogP) is 8.26. The van der Waals surface area contributed by atoms with Crippen molar-refractivity contribution in [2.75, 3.05) is 115 Å². The third-order valence-corrected chi connectivity index (χ3v) is 20.5. The summed E-state index contributed by atoms with van der Waals surface area (Å²) < 4.78 is 183. The summed E-state index contributed by atoms with van der Waals surface area (Å²) in [5.74, 6) is -1.45. The second-order valence-corrected chi connectivity index (χ2v) is 32.8. The summed E-state index contributed by atoms with van der Waals surface area (Å²) in [5, 5.41) is 2.12. The van der Waals surface area contributed by atoms with E-state index < -0.39 is 68.8 Å². The van der Waals surface area contributed by atoms with Gasteiger partial charge in [0, 0.05) is 111 Å². The number of fused-ring (bicyclic) bond motifs is 4. The van der Waals surface area contributed by atoms with Crippen LogP contribution in [0.25, 0.3) is 48.5 Å². The first-order valence-electron chi connectivity index (χ1n) is 31.2. The van der Waals surface area contributed by atoms with E-state index in [2.05, 4.69) is 64.0 Å².